The van der Waals surface area contributed by atoms with Crippen LogP contribution in [0.4, 0.5) is 0 Å². The fourth-order valence-electron chi connectivity index (χ4n) is 2.99. The number of nitrogens with two attached hydrogens (primary N) is 1. The monoisotopic (exact) mass is 240 g/mol. The maximum atomic E-state index is 5.96. The molecule has 1 saturated carbocycles. The van der Waals surface area contributed by atoms with Gasteiger partial charge in [0.25, 0.3) is 0 Å². The van der Waals surface area contributed by atoms with Gasteiger partial charge in [-0.15, -0.1) is 0 Å². The number of hydrogen-bond donors (Lipinski definition) is 2. The second-order valence-electron chi connectivity index (χ2n) is 6.73. The molecule has 102 valence electrons. The third kappa shape index (κ3) is 6.42. The lowest BCUT2D eigenvalue weighted by molar-refractivity contribution is 0.273. The third-order valence-electron chi connectivity index (χ3n) is 3.76. The summed E-state index contributed by atoms with van der Waals surface area (Å²) < 4.78 is 0. The van der Waals surface area contributed by atoms with E-state index in [0.29, 0.717) is 12.1 Å². The summed E-state index contributed by atoms with van der Waals surface area (Å²) in [4.78, 5) is 0. The Morgan fingerprint density at radius 3 is 1.82 bits per heavy atom. The molecule has 1 rings (SSSR count). The molecule has 17 heavy (non-hydrogen) atoms. The fraction of sp³-hybridized carbons (Fsp3) is 1.00. The molecular weight excluding hydrogens is 208 g/mol. The Kier molecular flexibility index (Phi) is 6.50. The van der Waals surface area contributed by atoms with E-state index in [1.807, 2.05) is 0 Å². The molecule has 0 saturated heterocycles. The van der Waals surface area contributed by atoms with Gasteiger partial charge in [-0.25, -0.2) is 0 Å². The molecule has 0 aliphatic heterocycles. The van der Waals surface area contributed by atoms with Crippen molar-refractivity contribution in [3.05, 3.63) is 0 Å². The zero-order valence-corrected chi connectivity index (χ0v) is 12.2. The minimum atomic E-state index is 0.460. The van der Waals surface area contributed by atoms with Crippen molar-refractivity contribution >= 4 is 0 Å². The lowest BCUT2D eigenvalue weighted by Gasteiger charge is -2.32. The van der Waals surface area contributed by atoms with E-state index >= 15 is 0 Å². The second-order valence-corrected chi connectivity index (χ2v) is 6.73. The Morgan fingerprint density at radius 2 is 1.41 bits per heavy atom. The van der Waals surface area contributed by atoms with Gasteiger partial charge in [-0.05, 0) is 50.4 Å². The highest BCUT2D eigenvalue weighted by molar-refractivity contribution is 4.82. The van der Waals surface area contributed by atoms with Crippen LogP contribution in [-0.2, 0) is 0 Å². The van der Waals surface area contributed by atoms with Crippen LogP contribution in [0.25, 0.3) is 0 Å². The lowest BCUT2D eigenvalue weighted by Crippen LogP contribution is -2.43. The molecule has 0 bridgehead atoms. The molecule has 0 spiro atoms. The van der Waals surface area contributed by atoms with Gasteiger partial charge in [0.15, 0.2) is 0 Å². The molecule has 0 aromatic heterocycles. The topological polar surface area (TPSA) is 38.0 Å². The van der Waals surface area contributed by atoms with Gasteiger partial charge in [-0.1, -0.05) is 27.7 Å². The minimum absolute atomic E-state index is 0.460. The Hall–Kier alpha value is -0.0800. The molecule has 0 unspecified atom stereocenters. The molecule has 0 heterocycles. The second kappa shape index (κ2) is 7.38. The van der Waals surface area contributed by atoms with Gasteiger partial charge in [-0.3, -0.25) is 0 Å². The summed E-state index contributed by atoms with van der Waals surface area (Å²) in [6, 6.07) is 1.88. The molecule has 0 atom stereocenters. The van der Waals surface area contributed by atoms with Crippen molar-refractivity contribution in [3.8, 4) is 0 Å². The molecular formula is C15H32N2. The van der Waals surface area contributed by atoms with E-state index in [9.17, 15) is 0 Å². The Bertz CT molecular complexity index is 183. The van der Waals surface area contributed by atoms with Crippen LogP contribution in [-0.4, -0.2) is 18.1 Å². The summed E-state index contributed by atoms with van der Waals surface area (Å²) in [6.07, 6.45) is 7.56. The van der Waals surface area contributed by atoms with Crippen LogP contribution in [0, 0.1) is 11.8 Å². The van der Waals surface area contributed by atoms with Gasteiger partial charge in [0.05, 0.1) is 0 Å². The predicted octanol–water partition coefficient (Wildman–Crippen LogP) is 3.31. The first kappa shape index (κ1) is 15.0. The first-order valence-electron chi connectivity index (χ1n) is 7.49. The molecule has 0 amide bonds. The molecule has 2 heteroatoms. The third-order valence-corrected chi connectivity index (χ3v) is 3.76. The maximum Gasteiger partial charge on any atom is 0.00745 e. The highest BCUT2D eigenvalue weighted by Crippen LogP contribution is 2.20. The highest BCUT2D eigenvalue weighted by atomic mass is 15.0. The van der Waals surface area contributed by atoms with Crippen LogP contribution >= 0.6 is 0 Å². The molecule has 1 aliphatic rings. The average Bonchev–Trinajstić information content (AvgIpc) is 2.19. The van der Waals surface area contributed by atoms with Gasteiger partial charge in [0.2, 0.25) is 0 Å². The van der Waals surface area contributed by atoms with E-state index in [-0.39, 0.29) is 0 Å². The van der Waals surface area contributed by atoms with Crippen LogP contribution in [0.2, 0.25) is 0 Å². The summed E-state index contributed by atoms with van der Waals surface area (Å²) >= 11 is 0. The van der Waals surface area contributed by atoms with E-state index in [4.69, 9.17) is 5.73 Å². The van der Waals surface area contributed by atoms with Gasteiger partial charge in [0.1, 0.15) is 0 Å². The molecule has 0 aromatic rings. The Morgan fingerprint density at radius 1 is 0.941 bits per heavy atom. The largest absolute Gasteiger partial charge is 0.328 e. The SMILES string of the molecule is CC(C)CC(CC(C)C)NC1CCC(N)CC1. The fourth-order valence-corrected chi connectivity index (χ4v) is 2.99. The number of hydrogen-bond acceptors (Lipinski definition) is 2. The summed E-state index contributed by atoms with van der Waals surface area (Å²) in [7, 11) is 0. The zero-order valence-electron chi connectivity index (χ0n) is 12.2. The standard InChI is InChI=1S/C15H32N2/c1-11(2)9-15(10-12(3)4)17-14-7-5-13(16)6-8-14/h11-15,17H,5-10,16H2,1-4H3. The van der Waals surface area contributed by atoms with E-state index in [2.05, 4.69) is 33.0 Å². The van der Waals surface area contributed by atoms with Crippen LogP contribution < -0.4 is 11.1 Å². The van der Waals surface area contributed by atoms with Crippen molar-refractivity contribution in [2.24, 2.45) is 17.6 Å². The van der Waals surface area contributed by atoms with E-state index in [1.165, 1.54) is 38.5 Å². The summed E-state index contributed by atoms with van der Waals surface area (Å²) in [5, 5.41) is 3.88. The van der Waals surface area contributed by atoms with Crippen molar-refractivity contribution in [1.82, 2.24) is 5.32 Å². The predicted molar refractivity (Wildman–Crippen MR) is 76.1 cm³/mol. The van der Waals surface area contributed by atoms with Crippen molar-refractivity contribution in [2.75, 3.05) is 0 Å². The van der Waals surface area contributed by atoms with Gasteiger partial charge < -0.3 is 11.1 Å². The molecule has 0 radical (unpaired) electrons. The number of nitrogens with one attached hydrogen (secondary N) is 1. The van der Waals surface area contributed by atoms with Crippen molar-refractivity contribution in [3.63, 3.8) is 0 Å². The van der Waals surface area contributed by atoms with Crippen molar-refractivity contribution < 1.29 is 0 Å². The first-order valence-corrected chi connectivity index (χ1v) is 7.49. The van der Waals surface area contributed by atoms with Gasteiger partial charge >= 0.3 is 0 Å². The molecule has 0 aromatic carbocycles. The Labute approximate surface area is 108 Å². The van der Waals surface area contributed by atoms with Crippen LogP contribution in [0.3, 0.4) is 0 Å². The van der Waals surface area contributed by atoms with Crippen LogP contribution in [0.5, 0.6) is 0 Å². The van der Waals surface area contributed by atoms with Gasteiger partial charge in [-0.2, -0.15) is 0 Å². The minimum Gasteiger partial charge on any atom is -0.328 e. The zero-order chi connectivity index (χ0) is 12.8. The van der Waals surface area contributed by atoms with E-state index < -0.39 is 0 Å². The summed E-state index contributed by atoms with van der Waals surface area (Å²) in [5.41, 5.74) is 5.96. The highest BCUT2D eigenvalue weighted by Gasteiger charge is 2.22. The van der Waals surface area contributed by atoms with Crippen molar-refractivity contribution in [1.29, 1.82) is 0 Å². The normalized spacial score (nSPS) is 26.1. The maximum absolute atomic E-state index is 5.96. The molecule has 3 N–H and O–H groups in total. The molecule has 2 nitrogen and oxygen atoms in total. The molecule has 1 aliphatic carbocycles. The molecule has 1 fully saturated rings. The lowest BCUT2D eigenvalue weighted by atomic mass is 9.89. The Balaban J connectivity index is 2.36. The number of rotatable bonds is 6. The van der Waals surface area contributed by atoms with Crippen molar-refractivity contribution in [2.45, 2.75) is 84.3 Å². The summed E-state index contributed by atoms with van der Waals surface area (Å²) in [5.74, 6) is 1.58. The van der Waals surface area contributed by atoms with E-state index in [0.717, 1.165) is 17.9 Å². The van der Waals surface area contributed by atoms with Crippen LogP contribution in [0.1, 0.15) is 66.2 Å². The first-order chi connectivity index (χ1) is 7.97. The van der Waals surface area contributed by atoms with Crippen LogP contribution in [0.15, 0.2) is 0 Å². The smallest absolute Gasteiger partial charge is 0.00745 e. The van der Waals surface area contributed by atoms with Gasteiger partial charge in [0, 0.05) is 18.1 Å². The average molecular weight is 240 g/mol. The quantitative estimate of drug-likeness (QED) is 0.747. The van der Waals surface area contributed by atoms with E-state index in [1.54, 1.807) is 0 Å². The summed E-state index contributed by atoms with van der Waals surface area (Å²) in [6.45, 7) is 9.30.